The number of rotatable bonds is 5. The summed E-state index contributed by atoms with van der Waals surface area (Å²) in [5.41, 5.74) is 1.90. The van der Waals surface area contributed by atoms with Gasteiger partial charge in [-0.05, 0) is 24.3 Å². The highest BCUT2D eigenvalue weighted by atomic mass is 16.5. The molecule has 5 heteroatoms. The first-order valence-electron chi connectivity index (χ1n) is 7.95. The number of hydrogen-bond donors (Lipinski definition) is 0. The quantitative estimate of drug-likeness (QED) is 0.851. The van der Waals surface area contributed by atoms with E-state index >= 15 is 0 Å². The molecule has 0 N–H and O–H groups in total. The Labute approximate surface area is 136 Å². The van der Waals surface area contributed by atoms with Gasteiger partial charge in [0.1, 0.15) is 0 Å². The largest absolute Gasteiger partial charge is 0.345 e. The zero-order valence-electron chi connectivity index (χ0n) is 14.2. The first-order chi connectivity index (χ1) is 10.9. The maximum atomic E-state index is 13.1. The van der Waals surface area contributed by atoms with Crippen LogP contribution < -0.4 is 0 Å². The Morgan fingerprint density at radius 3 is 2.48 bits per heavy atom. The lowest BCUT2D eigenvalue weighted by atomic mass is 9.86. The van der Waals surface area contributed by atoms with Gasteiger partial charge in [0.05, 0.1) is 5.41 Å². The van der Waals surface area contributed by atoms with Gasteiger partial charge in [0.2, 0.25) is 12.3 Å². The molecule has 3 rings (SSSR count). The molecule has 1 fully saturated rings. The number of hydrogen-bond acceptors (Lipinski definition) is 4. The lowest BCUT2D eigenvalue weighted by Crippen LogP contribution is -2.40. The van der Waals surface area contributed by atoms with E-state index in [0.29, 0.717) is 18.8 Å². The van der Waals surface area contributed by atoms with Crippen molar-refractivity contribution < 1.29 is 9.32 Å². The summed E-state index contributed by atoms with van der Waals surface area (Å²) in [4.78, 5) is 19.0. The molecule has 1 amide bonds. The zero-order chi connectivity index (χ0) is 16.7. The predicted octanol–water partition coefficient (Wildman–Crippen LogP) is 2.75. The Morgan fingerprint density at radius 2 is 1.96 bits per heavy atom. The number of carbonyl (C=O) groups excluding carboxylic acids is 1. The van der Waals surface area contributed by atoms with E-state index in [1.807, 2.05) is 7.05 Å². The van der Waals surface area contributed by atoms with Crippen molar-refractivity contribution >= 4 is 5.91 Å². The van der Waals surface area contributed by atoms with Crippen LogP contribution >= 0.6 is 0 Å². The molecule has 0 radical (unpaired) electrons. The minimum atomic E-state index is -0.410. The van der Waals surface area contributed by atoms with Crippen LogP contribution in [0.25, 0.3) is 0 Å². The zero-order valence-corrected chi connectivity index (χ0v) is 14.2. The van der Waals surface area contributed by atoms with Crippen LogP contribution in [-0.2, 0) is 16.6 Å². The molecule has 1 aliphatic rings. The maximum absolute atomic E-state index is 13.1. The van der Waals surface area contributed by atoms with Crippen molar-refractivity contribution in [3.8, 4) is 0 Å². The molecule has 0 bridgehead atoms. The minimum absolute atomic E-state index is 0.0141. The van der Waals surface area contributed by atoms with Crippen LogP contribution in [0.3, 0.4) is 0 Å². The van der Waals surface area contributed by atoms with Gasteiger partial charge in [-0.3, -0.25) is 4.79 Å². The summed E-state index contributed by atoms with van der Waals surface area (Å²) in [5.74, 6) is 0.805. The van der Waals surface area contributed by atoms with Crippen LogP contribution in [-0.4, -0.2) is 34.5 Å². The van der Waals surface area contributed by atoms with Gasteiger partial charge in [0.25, 0.3) is 0 Å². The summed E-state index contributed by atoms with van der Waals surface area (Å²) in [6.45, 7) is 6.98. The number of aryl methyl sites for hydroxylation is 1. The van der Waals surface area contributed by atoms with Crippen molar-refractivity contribution in [2.75, 3.05) is 13.6 Å². The van der Waals surface area contributed by atoms with E-state index in [4.69, 9.17) is 4.52 Å². The Hall–Kier alpha value is -2.17. The van der Waals surface area contributed by atoms with Crippen molar-refractivity contribution in [3.63, 3.8) is 0 Å². The molecule has 1 aromatic heterocycles. The fourth-order valence-corrected chi connectivity index (χ4v) is 3.44. The molecule has 0 spiro atoms. The van der Waals surface area contributed by atoms with E-state index in [-0.39, 0.29) is 11.3 Å². The highest BCUT2D eigenvalue weighted by Gasteiger charge is 2.67. The van der Waals surface area contributed by atoms with Gasteiger partial charge < -0.3 is 9.42 Å². The third-order valence-corrected chi connectivity index (χ3v) is 5.07. The van der Waals surface area contributed by atoms with Crippen LogP contribution in [0.15, 0.2) is 35.2 Å². The molecule has 5 nitrogen and oxygen atoms in total. The average Bonchev–Trinajstić information content (AvgIpc) is 2.90. The van der Waals surface area contributed by atoms with Crippen LogP contribution in [0, 0.1) is 12.3 Å². The molecule has 1 heterocycles. The lowest BCUT2D eigenvalue weighted by Gasteiger charge is -2.27. The van der Waals surface area contributed by atoms with Crippen molar-refractivity contribution in [2.24, 2.45) is 5.41 Å². The Morgan fingerprint density at radius 1 is 1.30 bits per heavy atom. The second-order valence-corrected chi connectivity index (χ2v) is 7.16. The van der Waals surface area contributed by atoms with E-state index < -0.39 is 5.41 Å². The number of amides is 1. The van der Waals surface area contributed by atoms with E-state index in [9.17, 15) is 4.79 Å². The molecule has 2 aromatic rings. The molecule has 0 aliphatic heterocycles. The monoisotopic (exact) mass is 313 g/mol. The van der Waals surface area contributed by atoms with Crippen molar-refractivity contribution in [1.82, 2.24) is 15.0 Å². The number of benzene rings is 1. The van der Waals surface area contributed by atoms with Gasteiger partial charge >= 0.3 is 0 Å². The second kappa shape index (κ2) is 5.48. The van der Waals surface area contributed by atoms with Gasteiger partial charge in [-0.25, -0.2) is 0 Å². The van der Waals surface area contributed by atoms with E-state index in [0.717, 1.165) is 12.0 Å². The fourth-order valence-electron chi connectivity index (χ4n) is 3.44. The average molecular weight is 313 g/mol. The van der Waals surface area contributed by atoms with Crippen molar-refractivity contribution in [3.05, 3.63) is 47.6 Å². The molecule has 1 atom stereocenters. The summed E-state index contributed by atoms with van der Waals surface area (Å²) >= 11 is 0. The third-order valence-electron chi connectivity index (χ3n) is 5.07. The van der Waals surface area contributed by atoms with Crippen LogP contribution in [0.2, 0.25) is 0 Å². The molecule has 122 valence electrons. The van der Waals surface area contributed by atoms with Crippen LogP contribution in [0.5, 0.6) is 0 Å². The molecule has 0 saturated heterocycles. The minimum Gasteiger partial charge on any atom is -0.345 e. The van der Waals surface area contributed by atoms with E-state index in [1.54, 1.807) is 4.90 Å². The molecule has 1 aliphatic carbocycles. The van der Waals surface area contributed by atoms with E-state index in [1.165, 1.54) is 12.0 Å². The van der Waals surface area contributed by atoms with Gasteiger partial charge in [0.15, 0.2) is 5.82 Å². The Kier molecular flexibility index (Phi) is 3.74. The highest BCUT2D eigenvalue weighted by Crippen LogP contribution is 2.65. The van der Waals surface area contributed by atoms with Crippen LogP contribution in [0.1, 0.15) is 37.2 Å². The first kappa shape index (κ1) is 15.7. The third kappa shape index (κ3) is 2.64. The van der Waals surface area contributed by atoms with Crippen molar-refractivity contribution in [1.29, 1.82) is 0 Å². The summed E-state index contributed by atoms with van der Waals surface area (Å²) in [6.07, 6.45) is 2.80. The van der Waals surface area contributed by atoms with Gasteiger partial charge in [0, 0.05) is 20.0 Å². The molecule has 1 unspecified atom stereocenters. The standard InChI is InChI=1S/C18H23N3O2/c1-13-5-7-14(8-6-13)18(11-17(18,2)3)16(22)21(4)10-9-15-19-12-23-20-15/h5-8,12H,9-11H2,1-4H3. The lowest BCUT2D eigenvalue weighted by molar-refractivity contribution is -0.133. The SMILES string of the molecule is Cc1ccc(C2(C(=O)N(C)CCc3ncon3)CC2(C)C)cc1. The highest BCUT2D eigenvalue weighted by molar-refractivity contribution is 5.93. The molecule has 23 heavy (non-hydrogen) atoms. The Balaban J connectivity index is 1.78. The topological polar surface area (TPSA) is 59.2 Å². The number of carbonyl (C=O) groups is 1. The molecular formula is C18H23N3O2. The number of likely N-dealkylation sites (N-methyl/N-ethyl adjacent to an activating group) is 1. The summed E-state index contributed by atoms with van der Waals surface area (Å²) < 4.78 is 4.74. The molecule has 1 saturated carbocycles. The normalized spacial score (nSPS) is 21.9. The Bertz CT molecular complexity index is 692. The summed E-state index contributed by atoms with van der Waals surface area (Å²) in [5, 5.41) is 3.80. The second-order valence-electron chi connectivity index (χ2n) is 7.16. The van der Waals surface area contributed by atoms with Crippen molar-refractivity contribution in [2.45, 2.75) is 39.0 Å². The maximum Gasteiger partial charge on any atom is 0.233 e. The fraction of sp³-hybridized carbons (Fsp3) is 0.500. The molecule has 1 aromatic carbocycles. The molecular weight excluding hydrogens is 290 g/mol. The number of nitrogens with zero attached hydrogens (tertiary/aromatic N) is 3. The van der Waals surface area contributed by atoms with Gasteiger partial charge in [-0.15, -0.1) is 0 Å². The first-order valence-corrected chi connectivity index (χ1v) is 7.95. The van der Waals surface area contributed by atoms with Crippen LogP contribution in [0.4, 0.5) is 0 Å². The number of aromatic nitrogens is 2. The van der Waals surface area contributed by atoms with E-state index in [2.05, 4.69) is 55.2 Å². The smallest absolute Gasteiger partial charge is 0.233 e. The van der Waals surface area contributed by atoms with Gasteiger partial charge in [-0.2, -0.15) is 4.98 Å². The van der Waals surface area contributed by atoms with Gasteiger partial charge in [-0.1, -0.05) is 48.8 Å². The summed E-state index contributed by atoms with van der Waals surface area (Å²) in [6, 6.07) is 8.35. The predicted molar refractivity (Wildman–Crippen MR) is 86.9 cm³/mol. The summed E-state index contributed by atoms with van der Waals surface area (Å²) in [7, 11) is 1.85.